The van der Waals surface area contributed by atoms with Crippen molar-refractivity contribution in [3.8, 4) is 5.88 Å². The van der Waals surface area contributed by atoms with E-state index in [9.17, 15) is 8.60 Å². The van der Waals surface area contributed by atoms with Gasteiger partial charge in [-0.3, -0.25) is 0 Å². The molecule has 0 aliphatic heterocycles. The third-order valence-electron chi connectivity index (χ3n) is 3.10. The SMILES string of the molecule is COc1nc(C)nc2c(S(=O)c3cccc(F)c3)c(N)[nH]c12. The first-order chi connectivity index (χ1) is 10.5. The maximum atomic E-state index is 13.3. The molecule has 0 amide bonds. The maximum absolute atomic E-state index is 13.3. The number of nitrogens with zero attached hydrogens (tertiary/aromatic N) is 2. The Hall–Kier alpha value is -2.48. The Morgan fingerprint density at radius 1 is 1.36 bits per heavy atom. The fourth-order valence-electron chi connectivity index (χ4n) is 2.18. The average Bonchev–Trinajstić information content (AvgIpc) is 2.81. The minimum absolute atomic E-state index is 0.191. The van der Waals surface area contributed by atoms with Crippen molar-refractivity contribution in [3.63, 3.8) is 0 Å². The molecule has 1 atom stereocenters. The van der Waals surface area contributed by atoms with Crippen LogP contribution in [0.5, 0.6) is 5.88 Å². The van der Waals surface area contributed by atoms with Crippen LogP contribution in [-0.2, 0) is 10.8 Å². The molecule has 1 aromatic carbocycles. The smallest absolute Gasteiger partial charge is 0.241 e. The van der Waals surface area contributed by atoms with Crippen LogP contribution in [-0.4, -0.2) is 26.3 Å². The number of rotatable bonds is 3. The highest BCUT2D eigenvalue weighted by molar-refractivity contribution is 7.85. The molecule has 2 heterocycles. The van der Waals surface area contributed by atoms with E-state index in [-0.39, 0.29) is 5.82 Å². The van der Waals surface area contributed by atoms with E-state index in [0.29, 0.717) is 32.5 Å². The van der Waals surface area contributed by atoms with Gasteiger partial charge in [0.1, 0.15) is 33.4 Å². The van der Waals surface area contributed by atoms with E-state index in [2.05, 4.69) is 15.0 Å². The van der Waals surface area contributed by atoms with Crippen LogP contribution in [0.1, 0.15) is 5.82 Å². The molecule has 0 aliphatic rings. The number of ether oxygens (including phenoxy) is 1. The lowest BCUT2D eigenvalue weighted by molar-refractivity contribution is 0.400. The molecular formula is C14H13FN4O2S. The molecule has 22 heavy (non-hydrogen) atoms. The van der Waals surface area contributed by atoms with Gasteiger partial charge in [-0.05, 0) is 25.1 Å². The molecule has 3 rings (SSSR count). The number of hydrogen-bond donors (Lipinski definition) is 2. The van der Waals surface area contributed by atoms with Crippen molar-refractivity contribution in [2.45, 2.75) is 16.7 Å². The van der Waals surface area contributed by atoms with Gasteiger partial charge >= 0.3 is 0 Å². The van der Waals surface area contributed by atoms with Gasteiger partial charge in [0.15, 0.2) is 0 Å². The predicted octanol–water partition coefficient (Wildman–Crippen LogP) is 2.16. The number of aromatic amines is 1. The molecule has 0 aliphatic carbocycles. The average molecular weight is 320 g/mol. The molecule has 0 saturated carbocycles. The molecule has 114 valence electrons. The first kappa shape index (κ1) is 14.5. The largest absolute Gasteiger partial charge is 0.479 e. The van der Waals surface area contributed by atoms with Crippen molar-refractivity contribution in [1.29, 1.82) is 0 Å². The fourth-order valence-corrected chi connectivity index (χ4v) is 3.41. The van der Waals surface area contributed by atoms with Gasteiger partial charge in [-0.25, -0.2) is 13.6 Å². The van der Waals surface area contributed by atoms with E-state index >= 15 is 0 Å². The minimum Gasteiger partial charge on any atom is -0.479 e. The van der Waals surface area contributed by atoms with Gasteiger partial charge in [0, 0.05) is 4.90 Å². The number of anilines is 1. The maximum Gasteiger partial charge on any atom is 0.241 e. The molecule has 6 nitrogen and oxygen atoms in total. The van der Waals surface area contributed by atoms with E-state index in [1.165, 1.54) is 25.3 Å². The van der Waals surface area contributed by atoms with E-state index in [1.807, 2.05) is 0 Å². The number of aryl methyl sites for hydroxylation is 1. The van der Waals surface area contributed by atoms with Gasteiger partial charge in [-0.1, -0.05) is 6.07 Å². The van der Waals surface area contributed by atoms with Gasteiger partial charge in [-0.15, -0.1) is 0 Å². The molecule has 0 spiro atoms. The summed E-state index contributed by atoms with van der Waals surface area (Å²) in [6, 6.07) is 5.56. The molecule has 0 radical (unpaired) electrons. The van der Waals surface area contributed by atoms with Crippen LogP contribution >= 0.6 is 0 Å². The summed E-state index contributed by atoms with van der Waals surface area (Å²) in [5.41, 5.74) is 6.81. The lowest BCUT2D eigenvalue weighted by Crippen LogP contribution is -1.99. The Morgan fingerprint density at radius 2 is 2.14 bits per heavy atom. The molecule has 2 aromatic heterocycles. The summed E-state index contributed by atoms with van der Waals surface area (Å²) in [6.07, 6.45) is 0. The molecule has 0 saturated heterocycles. The lowest BCUT2D eigenvalue weighted by atomic mass is 10.3. The first-order valence-electron chi connectivity index (χ1n) is 6.38. The normalized spacial score (nSPS) is 12.5. The second-order valence-corrected chi connectivity index (χ2v) is 6.01. The highest BCUT2D eigenvalue weighted by Crippen LogP contribution is 2.33. The van der Waals surface area contributed by atoms with Gasteiger partial charge in [0.2, 0.25) is 5.88 Å². The summed E-state index contributed by atoms with van der Waals surface area (Å²) < 4.78 is 31.3. The third kappa shape index (κ3) is 2.31. The van der Waals surface area contributed by atoms with Crippen LogP contribution < -0.4 is 10.5 Å². The molecule has 0 fully saturated rings. The Morgan fingerprint density at radius 3 is 2.82 bits per heavy atom. The number of nitrogens with two attached hydrogens (primary N) is 1. The van der Waals surface area contributed by atoms with Gasteiger partial charge in [0.25, 0.3) is 0 Å². The number of aromatic nitrogens is 3. The van der Waals surface area contributed by atoms with Crippen molar-refractivity contribution in [3.05, 3.63) is 35.9 Å². The number of benzene rings is 1. The number of nitrogens with one attached hydrogen (secondary N) is 1. The van der Waals surface area contributed by atoms with E-state index < -0.39 is 16.6 Å². The molecule has 0 bridgehead atoms. The monoisotopic (exact) mass is 320 g/mol. The zero-order chi connectivity index (χ0) is 15.9. The van der Waals surface area contributed by atoms with Crippen molar-refractivity contribution in [2.24, 2.45) is 0 Å². The number of nitrogen functional groups attached to an aromatic ring is 1. The topological polar surface area (TPSA) is 93.9 Å². The summed E-state index contributed by atoms with van der Waals surface area (Å²) in [6.45, 7) is 1.69. The zero-order valence-corrected chi connectivity index (χ0v) is 12.7. The summed E-state index contributed by atoms with van der Waals surface area (Å²) in [4.78, 5) is 11.9. The second-order valence-electron chi connectivity index (χ2n) is 4.60. The summed E-state index contributed by atoms with van der Waals surface area (Å²) in [7, 11) is -0.199. The van der Waals surface area contributed by atoms with E-state index in [0.717, 1.165) is 0 Å². The van der Waals surface area contributed by atoms with E-state index in [1.54, 1.807) is 13.0 Å². The summed E-state index contributed by atoms with van der Waals surface area (Å²) in [5, 5.41) is 0. The lowest BCUT2D eigenvalue weighted by Gasteiger charge is -2.04. The molecule has 8 heteroatoms. The zero-order valence-electron chi connectivity index (χ0n) is 11.9. The standard InChI is InChI=1S/C14H13FN4O2S/c1-7-17-10-11(14(18-7)21-2)19-13(16)12(10)22(20)9-5-3-4-8(15)6-9/h3-6,19H,16H2,1-2H3. The number of halogens is 1. The molecule has 1 unspecified atom stereocenters. The van der Waals surface area contributed by atoms with Crippen LogP contribution in [0.4, 0.5) is 10.2 Å². The molecule has 3 aromatic rings. The second kappa shape index (κ2) is 5.38. The van der Waals surface area contributed by atoms with Gasteiger partial charge < -0.3 is 15.5 Å². The van der Waals surface area contributed by atoms with E-state index in [4.69, 9.17) is 10.5 Å². The Kier molecular flexibility index (Phi) is 3.53. The van der Waals surface area contributed by atoms with Crippen molar-refractivity contribution >= 4 is 27.7 Å². The van der Waals surface area contributed by atoms with Crippen molar-refractivity contribution in [2.75, 3.05) is 12.8 Å². The fraction of sp³-hybridized carbons (Fsp3) is 0.143. The molecular weight excluding hydrogens is 307 g/mol. The van der Waals surface area contributed by atoms with Gasteiger partial charge in [0.05, 0.1) is 17.9 Å². The Balaban J connectivity index is 2.25. The Bertz CT molecular complexity index is 894. The quantitative estimate of drug-likeness (QED) is 0.771. The van der Waals surface area contributed by atoms with Crippen LogP contribution in [0, 0.1) is 12.7 Å². The van der Waals surface area contributed by atoms with Crippen LogP contribution in [0.2, 0.25) is 0 Å². The number of hydrogen-bond acceptors (Lipinski definition) is 5. The predicted molar refractivity (Wildman–Crippen MR) is 80.7 cm³/mol. The number of methoxy groups -OCH3 is 1. The van der Waals surface area contributed by atoms with Crippen LogP contribution in [0.15, 0.2) is 34.1 Å². The third-order valence-corrected chi connectivity index (χ3v) is 4.56. The van der Waals surface area contributed by atoms with Gasteiger partial charge in [-0.2, -0.15) is 4.98 Å². The summed E-state index contributed by atoms with van der Waals surface area (Å²) >= 11 is 0. The Labute approximate surface area is 128 Å². The first-order valence-corrected chi connectivity index (χ1v) is 7.53. The highest BCUT2D eigenvalue weighted by Gasteiger charge is 2.22. The number of fused-ring (bicyclic) bond motifs is 1. The molecule has 3 N–H and O–H groups in total. The minimum atomic E-state index is -1.67. The highest BCUT2D eigenvalue weighted by atomic mass is 32.2. The van der Waals surface area contributed by atoms with Crippen LogP contribution in [0.3, 0.4) is 0 Å². The number of H-pyrrole nitrogens is 1. The van der Waals surface area contributed by atoms with Crippen molar-refractivity contribution in [1.82, 2.24) is 15.0 Å². The van der Waals surface area contributed by atoms with Crippen LogP contribution in [0.25, 0.3) is 11.0 Å². The summed E-state index contributed by atoms with van der Waals surface area (Å²) in [5.74, 6) is 0.501. The van der Waals surface area contributed by atoms with Crippen molar-refractivity contribution < 1.29 is 13.3 Å².